The third-order valence-corrected chi connectivity index (χ3v) is 6.90. The maximum absolute atomic E-state index is 10.6. The van der Waals surface area contributed by atoms with Crippen LogP contribution in [0, 0.1) is 0 Å². The second-order valence-corrected chi connectivity index (χ2v) is 8.48. The van der Waals surface area contributed by atoms with Crippen molar-refractivity contribution in [2.24, 2.45) is 5.11 Å². The fourth-order valence-corrected chi connectivity index (χ4v) is 4.98. The number of nitrogens with zero attached hydrogens (tertiary/aromatic N) is 3. The fraction of sp³-hybridized carbons (Fsp3) is 0.368. The van der Waals surface area contributed by atoms with E-state index in [9.17, 15) is 15.3 Å². The van der Waals surface area contributed by atoms with Crippen molar-refractivity contribution < 1.29 is 15.3 Å². The summed E-state index contributed by atoms with van der Waals surface area (Å²) in [5.74, 6) is 1.34. The highest BCUT2D eigenvalue weighted by Gasteiger charge is 2.31. The van der Waals surface area contributed by atoms with Gasteiger partial charge in [-0.15, -0.1) is 23.5 Å². The Balaban J connectivity index is 2.03. The minimum absolute atomic E-state index is 0.284. The molecule has 0 aliphatic carbocycles. The first-order valence-corrected chi connectivity index (χ1v) is 10.6. The van der Waals surface area contributed by atoms with E-state index < -0.39 is 18.3 Å². The molecule has 0 aliphatic rings. The first-order valence-electron chi connectivity index (χ1n) is 8.48. The van der Waals surface area contributed by atoms with Gasteiger partial charge in [0.25, 0.3) is 0 Å². The number of hydrogen-bond donors (Lipinski definition) is 3. The third kappa shape index (κ3) is 7.46. The van der Waals surface area contributed by atoms with E-state index in [2.05, 4.69) is 10.0 Å². The molecule has 8 heteroatoms. The van der Waals surface area contributed by atoms with Crippen LogP contribution in [0.5, 0.6) is 0 Å². The molecule has 0 amide bonds. The topological polar surface area (TPSA) is 109 Å². The van der Waals surface area contributed by atoms with E-state index in [1.807, 2.05) is 60.7 Å². The van der Waals surface area contributed by atoms with Crippen molar-refractivity contribution in [3.8, 4) is 0 Å². The maximum atomic E-state index is 10.6. The maximum Gasteiger partial charge on any atom is 0.108 e. The molecule has 0 aliphatic heterocycles. The highest BCUT2D eigenvalue weighted by atomic mass is 32.2. The molecule has 3 atom stereocenters. The minimum atomic E-state index is -1.40. The number of aliphatic hydroxyl groups excluding tert-OH is 3. The highest BCUT2D eigenvalue weighted by molar-refractivity contribution is 8.16. The van der Waals surface area contributed by atoms with Gasteiger partial charge in [0.15, 0.2) is 0 Å². The summed E-state index contributed by atoms with van der Waals surface area (Å²) in [6, 6.07) is 19.7. The second kappa shape index (κ2) is 11.9. The van der Waals surface area contributed by atoms with Gasteiger partial charge in [0.1, 0.15) is 12.2 Å². The van der Waals surface area contributed by atoms with E-state index in [0.29, 0.717) is 11.5 Å². The normalized spacial score (nSPS) is 14.4. The smallest absolute Gasteiger partial charge is 0.108 e. The zero-order chi connectivity index (χ0) is 19.5. The molecule has 144 valence electrons. The van der Waals surface area contributed by atoms with E-state index in [-0.39, 0.29) is 11.1 Å². The van der Waals surface area contributed by atoms with Gasteiger partial charge in [-0.2, -0.15) is 0 Å². The summed E-state index contributed by atoms with van der Waals surface area (Å²) in [4.78, 5) is 2.58. The molecule has 0 bridgehead atoms. The fourth-order valence-electron chi connectivity index (χ4n) is 2.37. The molecule has 27 heavy (non-hydrogen) atoms. The van der Waals surface area contributed by atoms with Crippen LogP contribution in [0.15, 0.2) is 65.8 Å². The van der Waals surface area contributed by atoms with Crippen molar-refractivity contribution in [2.45, 2.75) is 34.4 Å². The Morgan fingerprint density at radius 3 is 1.74 bits per heavy atom. The number of aliphatic hydroxyl groups is 3. The van der Waals surface area contributed by atoms with E-state index in [0.717, 1.165) is 11.1 Å². The first-order chi connectivity index (χ1) is 13.1. The molecule has 0 saturated carbocycles. The summed E-state index contributed by atoms with van der Waals surface area (Å²) in [6.45, 7) is -0.284. The van der Waals surface area contributed by atoms with Gasteiger partial charge < -0.3 is 15.3 Å². The molecule has 3 N–H and O–H groups in total. The van der Waals surface area contributed by atoms with Gasteiger partial charge in [-0.05, 0) is 16.7 Å². The largest absolute Gasteiger partial charge is 0.390 e. The molecule has 0 heterocycles. The Morgan fingerprint density at radius 2 is 1.30 bits per heavy atom. The zero-order valence-electron chi connectivity index (χ0n) is 14.7. The van der Waals surface area contributed by atoms with Gasteiger partial charge >= 0.3 is 0 Å². The van der Waals surface area contributed by atoms with E-state index in [4.69, 9.17) is 5.53 Å². The SMILES string of the molecule is [N-]=[N+]=NC[C@@H](O)[C@H](O)[C@@H](O)C(SCc1ccccc1)SCc1ccccc1. The summed E-state index contributed by atoms with van der Waals surface area (Å²) < 4.78 is -0.360. The molecule has 2 rings (SSSR count). The molecule has 0 fully saturated rings. The molecule has 0 spiro atoms. The predicted octanol–water partition coefficient (Wildman–Crippen LogP) is 3.57. The van der Waals surface area contributed by atoms with Gasteiger partial charge in [0.2, 0.25) is 0 Å². The van der Waals surface area contributed by atoms with Crippen LogP contribution in [0.1, 0.15) is 11.1 Å². The Labute approximate surface area is 167 Å². The lowest BCUT2D eigenvalue weighted by atomic mass is 10.1. The minimum Gasteiger partial charge on any atom is -0.390 e. The average Bonchev–Trinajstić information content (AvgIpc) is 2.72. The third-order valence-electron chi connectivity index (χ3n) is 3.87. The van der Waals surface area contributed by atoms with Gasteiger partial charge in [0.05, 0.1) is 17.2 Å². The van der Waals surface area contributed by atoms with Crippen molar-refractivity contribution in [1.82, 2.24) is 0 Å². The summed E-state index contributed by atoms with van der Waals surface area (Å²) in [6.07, 6.45) is -3.88. The van der Waals surface area contributed by atoms with Gasteiger partial charge in [0, 0.05) is 16.4 Å². The van der Waals surface area contributed by atoms with Gasteiger partial charge in [-0.25, -0.2) is 0 Å². The summed E-state index contributed by atoms with van der Waals surface area (Å²) in [5, 5.41) is 34.1. The Morgan fingerprint density at radius 1 is 0.815 bits per heavy atom. The predicted molar refractivity (Wildman–Crippen MR) is 111 cm³/mol. The zero-order valence-corrected chi connectivity index (χ0v) is 16.3. The summed E-state index contributed by atoms with van der Waals surface area (Å²) in [5.41, 5.74) is 10.6. The van der Waals surface area contributed by atoms with Crippen LogP contribution >= 0.6 is 23.5 Å². The molecule has 6 nitrogen and oxygen atoms in total. The van der Waals surface area contributed by atoms with Crippen LogP contribution in [0.4, 0.5) is 0 Å². The number of rotatable bonds is 11. The Hall–Kier alpha value is -1.67. The Kier molecular flexibility index (Phi) is 9.55. The van der Waals surface area contributed by atoms with Crippen molar-refractivity contribution in [3.63, 3.8) is 0 Å². The van der Waals surface area contributed by atoms with Gasteiger partial charge in [-0.1, -0.05) is 65.8 Å². The van der Waals surface area contributed by atoms with Crippen molar-refractivity contribution >= 4 is 23.5 Å². The molecular weight excluding hydrogens is 382 g/mol. The van der Waals surface area contributed by atoms with E-state index in [1.54, 1.807) is 0 Å². The molecule has 0 radical (unpaired) electrons. The lowest BCUT2D eigenvalue weighted by Gasteiger charge is -2.28. The van der Waals surface area contributed by atoms with Crippen molar-refractivity contribution in [2.75, 3.05) is 6.54 Å². The number of hydrogen-bond acceptors (Lipinski definition) is 6. The van der Waals surface area contributed by atoms with E-state index in [1.165, 1.54) is 23.5 Å². The van der Waals surface area contributed by atoms with Crippen LogP contribution in [-0.4, -0.2) is 44.8 Å². The van der Waals surface area contributed by atoms with Crippen molar-refractivity contribution in [3.05, 3.63) is 82.2 Å². The molecule has 0 saturated heterocycles. The Bertz CT molecular complexity index is 671. The van der Waals surface area contributed by atoms with Gasteiger partial charge in [-0.3, -0.25) is 0 Å². The molecule has 0 aromatic heterocycles. The van der Waals surface area contributed by atoms with E-state index >= 15 is 0 Å². The standard InChI is InChI=1S/C19H23N3O3S2/c20-22-21-11-16(23)17(24)18(25)19(26-12-14-7-3-1-4-8-14)27-13-15-9-5-2-6-10-15/h1-10,16-19,23-25H,11-13H2/t16-,17+,18-/m1/s1. The second-order valence-electron chi connectivity index (χ2n) is 5.92. The highest BCUT2D eigenvalue weighted by Crippen LogP contribution is 2.33. The lowest BCUT2D eigenvalue weighted by Crippen LogP contribution is -2.43. The van der Waals surface area contributed by atoms with Crippen LogP contribution in [0.25, 0.3) is 10.4 Å². The molecular formula is C19H23N3O3S2. The monoisotopic (exact) mass is 405 g/mol. The van der Waals surface area contributed by atoms with Crippen LogP contribution in [0.3, 0.4) is 0 Å². The average molecular weight is 406 g/mol. The quantitative estimate of drug-likeness (QED) is 0.229. The number of benzene rings is 2. The molecule has 2 aromatic carbocycles. The van der Waals surface area contributed by atoms with Crippen LogP contribution < -0.4 is 0 Å². The molecule has 2 aromatic rings. The first kappa shape index (κ1) is 21.6. The van der Waals surface area contributed by atoms with Crippen LogP contribution in [0.2, 0.25) is 0 Å². The summed E-state index contributed by atoms with van der Waals surface area (Å²) in [7, 11) is 0. The molecule has 0 unspecified atom stereocenters. The number of thioether (sulfide) groups is 2. The number of azide groups is 1. The summed E-state index contributed by atoms with van der Waals surface area (Å²) >= 11 is 3.02. The van der Waals surface area contributed by atoms with Crippen molar-refractivity contribution in [1.29, 1.82) is 0 Å². The van der Waals surface area contributed by atoms with Crippen LogP contribution in [-0.2, 0) is 11.5 Å². The lowest BCUT2D eigenvalue weighted by molar-refractivity contribution is -0.0483.